The van der Waals surface area contributed by atoms with Gasteiger partial charge in [0.1, 0.15) is 5.75 Å². The van der Waals surface area contributed by atoms with E-state index in [0.717, 1.165) is 18.4 Å². The molecule has 0 amide bonds. The largest absolute Gasteiger partial charge is 0.508 e. The summed E-state index contributed by atoms with van der Waals surface area (Å²) >= 11 is 0. The zero-order valence-corrected chi connectivity index (χ0v) is 13.0. The monoisotopic (exact) mass is 296 g/mol. The molecular formula is C19H24N2O. The smallest absolute Gasteiger partial charge is 0.159 e. The Morgan fingerprint density at radius 2 is 1.55 bits per heavy atom. The molecule has 0 spiro atoms. The zero-order chi connectivity index (χ0) is 15.6. The predicted octanol–water partition coefficient (Wildman–Crippen LogP) is 4.92. The van der Waals surface area contributed by atoms with Crippen molar-refractivity contribution < 1.29 is 5.11 Å². The molecule has 0 saturated carbocycles. The molecule has 0 bridgehead atoms. The molecule has 0 radical (unpaired) electrons. The van der Waals surface area contributed by atoms with Gasteiger partial charge in [0.15, 0.2) is 5.82 Å². The van der Waals surface area contributed by atoms with Crippen LogP contribution >= 0.6 is 0 Å². The van der Waals surface area contributed by atoms with E-state index in [1.807, 2.05) is 30.6 Å². The first-order valence-electron chi connectivity index (χ1n) is 8.01. The molecule has 3 heteroatoms. The number of benzene rings is 1. The quantitative estimate of drug-likeness (QED) is 0.528. The molecule has 0 atom stereocenters. The summed E-state index contributed by atoms with van der Waals surface area (Å²) in [5, 5.41) is 9.29. The zero-order valence-electron chi connectivity index (χ0n) is 13.0. The average Bonchev–Trinajstić information content (AvgIpc) is 2.55. The summed E-state index contributed by atoms with van der Waals surface area (Å²) in [5.41, 5.74) is 2.11. The second-order valence-electron chi connectivity index (χ2n) is 5.56. The molecule has 0 aliphatic rings. The Kier molecular flexibility index (Phi) is 6.62. The summed E-state index contributed by atoms with van der Waals surface area (Å²) in [4.78, 5) is 8.83. The summed E-state index contributed by atoms with van der Waals surface area (Å²) in [6.45, 7) is 3.74. The number of phenolic OH excluding ortho intramolecular Hbond substituents is 1. The highest BCUT2D eigenvalue weighted by atomic mass is 16.3. The highest BCUT2D eigenvalue weighted by Crippen LogP contribution is 2.18. The summed E-state index contributed by atoms with van der Waals surface area (Å²) in [6.07, 6.45) is 14.3. The molecule has 0 saturated heterocycles. The van der Waals surface area contributed by atoms with Gasteiger partial charge in [0, 0.05) is 18.0 Å². The van der Waals surface area contributed by atoms with Crippen molar-refractivity contribution in [3.05, 3.63) is 54.9 Å². The summed E-state index contributed by atoms with van der Waals surface area (Å²) in [6, 6.07) is 6.96. The number of aromatic hydroxyl groups is 1. The van der Waals surface area contributed by atoms with Crippen LogP contribution in [0.2, 0.25) is 0 Å². The topological polar surface area (TPSA) is 46.0 Å². The fourth-order valence-corrected chi connectivity index (χ4v) is 2.39. The van der Waals surface area contributed by atoms with E-state index in [2.05, 4.69) is 16.5 Å². The molecule has 22 heavy (non-hydrogen) atoms. The lowest BCUT2D eigenvalue weighted by Gasteiger charge is -2.04. The Bertz CT molecular complexity index is 561. The lowest BCUT2D eigenvalue weighted by Crippen LogP contribution is -1.93. The van der Waals surface area contributed by atoms with Crippen LogP contribution in [-0.4, -0.2) is 15.1 Å². The molecule has 1 aromatic carbocycles. The van der Waals surface area contributed by atoms with Crippen molar-refractivity contribution in [2.45, 2.75) is 44.9 Å². The fourth-order valence-electron chi connectivity index (χ4n) is 2.39. The van der Waals surface area contributed by atoms with Crippen LogP contribution in [0.15, 0.2) is 49.3 Å². The number of aryl methyl sites for hydroxylation is 1. The van der Waals surface area contributed by atoms with Crippen LogP contribution in [0.1, 0.15) is 44.1 Å². The average molecular weight is 296 g/mol. The number of unbranched alkanes of at least 4 members (excludes halogenated alkanes) is 5. The Hall–Kier alpha value is -2.16. The van der Waals surface area contributed by atoms with Gasteiger partial charge in [-0.05, 0) is 55.5 Å². The highest BCUT2D eigenvalue weighted by molar-refractivity contribution is 5.55. The lowest BCUT2D eigenvalue weighted by atomic mass is 10.1. The minimum absolute atomic E-state index is 0.258. The van der Waals surface area contributed by atoms with Crippen LogP contribution < -0.4 is 0 Å². The van der Waals surface area contributed by atoms with Gasteiger partial charge in [-0.2, -0.15) is 0 Å². The lowest BCUT2D eigenvalue weighted by molar-refractivity contribution is 0.475. The Labute approximate surface area is 132 Å². The van der Waals surface area contributed by atoms with Crippen molar-refractivity contribution in [1.29, 1.82) is 0 Å². The third-order valence-corrected chi connectivity index (χ3v) is 3.70. The molecule has 116 valence electrons. The normalized spacial score (nSPS) is 10.5. The van der Waals surface area contributed by atoms with E-state index in [4.69, 9.17) is 0 Å². The second-order valence-corrected chi connectivity index (χ2v) is 5.56. The maximum Gasteiger partial charge on any atom is 0.159 e. The minimum Gasteiger partial charge on any atom is -0.508 e. The number of hydrogen-bond acceptors (Lipinski definition) is 3. The molecule has 0 unspecified atom stereocenters. The number of aromatic nitrogens is 2. The summed E-state index contributed by atoms with van der Waals surface area (Å²) in [5.74, 6) is 0.960. The molecular weight excluding hydrogens is 272 g/mol. The van der Waals surface area contributed by atoms with Gasteiger partial charge in [-0.1, -0.05) is 25.3 Å². The summed E-state index contributed by atoms with van der Waals surface area (Å²) < 4.78 is 0. The Morgan fingerprint density at radius 1 is 0.909 bits per heavy atom. The van der Waals surface area contributed by atoms with Gasteiger partial charge in [0.25, 0.3) is 0 Å². The number of nitrogens with zero attached hydrogens (tertiary/aromatic N) is 2. The number of allylic oxidation sites excluding steroid dienone is 1. The standard InChI is InChI=1S/C19H24N2O/c1-2-3-4-5-6-7-8-9-16-14-20-19(21-15-16)17-10-12-18(22)13-11-17/h2,10-15,22H,1,3-9H2. The molecule has 2 aromatic rings. The van der Waals surface area contributed by atoms with E-state index in [1.54, 1.807) is 12.1 Å². The van der Waals surface area contributed by atoms with Gasteiger partial charge >= 0.3 is 0 Å². The molecule has 1 heterocycles. The van der Waals surface area contributed by atoms with Gasteiger partial charge in [-0.25, -0.2) is 9.97 Å². The molecule has 0 aliphatic carbocycles. The van der Waals surface area contributed by atoms with Crippen LogP contribution in [-0.2, 0) is 6.42 Å². The van der Waals surface area contributed by atoms with Crippen molar-refractivity contribution in [2.24, 2.45) is 0 Å². The number of phenols is 1. The van der Waals surface area contributed by atoms with Crippen LogP contribution in [0.5, 0.6) is 5.75 Å². The molecule has 0 fully saturated rings. The predicted molar refractivity (Wildman–Crippen MR) is 90.7 cm³/mol. The van der Waals surface area contributed by atoms with E-state index in [0.29, 0.717) is 5.82 Å². The van der Waals surface area contributed by atoms with Gasteiger partial charge in [0.2, 0.25) is 0 Å². The number of rotatable bonds is 9. The van der Waals surface area contributed by atoms with Crippen molar-refractivity contribution in [1.82, 2.24) is 9.97 Å². The van der Waals surface area contributed by atoms with Crippen LogP contribution in [0.25, 0.3) is 11.4 Å². The second kappa shape index (κ2) is 8.98. The van der Waals surface area contributed by atoms with Gasteiger partial charge in [-0.3, -0.25) is 0 Å². The van der Waals surface area contributed by atoms with E-state index >= 15 is 0 Å². The van der Waals surface area contributed by atoms with Crippen molar-refractivity contribution in [3.63, 3.8) is 0 Å². The third kappa shape index (κ3) is 5.32. The van der Waals surface area contributed by atoms with Crippen molar-refractivity contribution in [2.75, 3.05) is 0 Å². The highest BCUT2D eigenvalue weighted by Gasteiger charge is 2.02. The molecule has 3 nitrogen and oxygen atoms in total. The molecule has 2 rings (SSSR count). The SMILES string of the molecule is C=CCCCCCCCc1cnc(-c2ccc(O)cc2)nc1. The first-order chi connectivity index (χ1) is 10.8. The van der Waals surface area contributed by atoms with Crippen LogP contribution in [0.3, 0.4) is 0 Å². The van der Waals surface area contributed by atoms with E-state index in [-0.39, 0.29) is 5.75 Å². The van der Waals surface area contributed by atoms with Gasteiger partial charge < -0.3 is 5.11 Å². The van der Waals surface area contributed by atoms with E-state index in [1.165, 1.54) is 37.7 Å². The maximum absolute atomic E-state index is 9.29. The summed E-state index contributed by atoms with van der Waals surface area (Å²) in [7, 11) is 0. The number of hydrogen-bond donors (Lipinski definition) is 1. The fraction of sp³-hybridized carbons (Fsp3) is 0.368. The first kappa shape index (κ1) is 16.2. The van der Waals surface area contributed by atoms with E-state index in [9.17, 15) is 5.11 Å². The van der Waals surface area contributed by atoms with Crippen molar-refractivity contribution in [3.8, 4) is 17.1 Å². The minimum atomic E-state index is 0.258. The van der Waals surface area contributed by atoms with Crippen LogP contribution in [0, 0.1) is 0 Å². The Morgan fingerprint density at radius 3 is 2.23 bits per heavy atom. The first-order valence-corrected chi connectivity index (χ1v) is 8.01. The van der Waals surface area contributed by atoms with Gasteiger partial charge in [0.05, 0.1) is 0 Å². The van der Waals surface area contributed by atoms with E-state index < -0.39 is 0 Å². The molecule has 1 N–H and O–H groups in total. The molecule has 1 aromatic heterocycles. The van der Waals surface area contributed by atoms with Crippen molar-refractivity contribution >= 4 is 0 Å². The Balaban J connectivity index is 1.75. The maximum atomic E-state index is 9.29. The van der Waals surface area contributed by atoms with Crippen LogP contribution in [0.4, 0.5) is 0 Å². The van der Waals surface area contributed by atoms with Gasteiger partial charge in [-0.15, -0.1) is 6.58 Å². The molecule has 0 aliphatic heterocycles. The third-order valence-electron chi connectivity index (χ3n) is 3.70.